The highest BCUT2D eigenvalue weighted by Crippen LogP contribution is 2.31. The van der Waals surface area contributed by atoms with Gasteiger partial charge in [0.25, 0.3) is 0 Å². The largest absolute Gasteiger partial charge is 0.453 e. The minimum absolute atomic E-state index is 0.0366. The van der Waals surface area contributed by atoms with Crippen LogP contribution in [0.4, 0.5) is 4.39 Å². The van der Waals surface area contributed by atoms with Crippen molar-refractivity contribution in [2.24, 2.45) is 5.73 Å². The summed E-state index contributed by atoms with van der Waals surface area (Å²) >= 11 is 3.35. The Hall–Kier alpha value is -1.88. The molecule has 3 nitrogen and oxygen atoms in total. The topological polar surface area (TPSA) is 52.3 Å². The molecule has 98 valence electrons. The third kappa shape index (κ3) is 3.12. The molecule has 19 heavy (non-hydrogen) atoms. The zero-order valence-corrected chi connectivity index (χ0v) is 11.7. The smallest absolute Gasteiger partial charge is 0.248 e. The van der Waals surface area contributed by atoms with Crippen LogP contribution >= 0.6 is 15.9 Å². The highest BCUT2D eigenvalue weighted by molar-refractivity contribution is 9.10. The van der Waals surface area contributed by atoms with Gasteiger partial charge in [-0.1, -0.05) is 6.07 Å². The Balaban J connectivity index is 2.31. The molecule has 5 heteroatoms. The Morgan fingerprint density at radius 3 is 2.47 bits per heavy atom. The molecule has 0 spiro atoms. The molecule has 0 aliphatic heterocycles. The molecule has 0 radical (unpaired) electrons. The average Bonchev–Trinajstić information content (AvgIpc) is 2.34. The first-order chi connectivity index (χ1) is 8.97. The van der Waals surface area contributed by atoms with Crippen LogP contribution in [0, 0.1) is 12.7 Å². The molecule has 0 aliphatic carbocycles. The van der Waals surface area contributed by atoms with Gasteiger partial charge in [0.2, 0.25) is 5.91 Å². The van der Waals surface area contributed by atoms with Gasteiger partial charge in [0.05, 0.1) is 4.47 Å². The van der Waals surface area contributed by atoms with Crippen molar-refractivity contribution >= 4 is 21.8 Å². The molecule has 2 rings (SSSR count). The zero-order chi connectivity index (χ0) is 14.0. The summed E-state index contributed by atoms with van der Waals surface area (Å²) in [5.74, 6) is -0.781. The Kier molecular flexibility index (Phi) is 3.85. The van der Waals surface area contributed by atoms with Gasteiger partial charge in [-0.3, -0.25) is 4.79 Å². The maximum absolute atomic E-state index is 13.8. The third-order valence-electron chi connectivity index (χ3n) is 2.52. The number of aryl methyl sites for hydroxylation is 1. The lowest BCUT2D eigenvalue weighted by molar-refractivity contribution is 0.1000. The molecule has 0 bridgehead atoms. The van der Waals surface area contributed by atoms with E-state index in [2.05, 4.69) is 15.9 Å². The van der Waals surface area contributed by atoms with Gasteiger partial charge < -0.3 is 10.5 Å². The van der Waals surface area contributed by atoms with Crippen LogP contribution in [0.15, 0.2) is 40.9 Å². The first kappa shape index (κ1) is 13.5. The van der Waals surface area contributed by atoms with Crippen molar-refractivity contribution in [1.82, 2.24) is 0 Å². The van der Waals surface area contributed by atoms with Gasteiger partial charge in [-0.05, 0) is 58.7 Å². The second-order valence-electron chi connectivity index (χ2n) is 4.05. The average molecular weight is 324 g/mol. The second kappa shape index (κ2) is 5.40. The van der Waals surface area contributed by atoms with Gasteiger partial charge in [0.1, 0.15) is 5.75 Å². The van der Waals surface area contributed by atoms with E-state index >= 15 is 0 Å². The molecular formula is C14H11BrFNO2. The van der Waals surface area contributed by atoms with Crippen molar-refractivity contribution in [1.29, 1.82) is 0 Å². The van der Waals surface area contributed by atoms with Crippen LogP contribution in [0.3, 0.4) is 0 Å². The molecule has 0 saturated carbocycles. The quantitative estimate of drug-likeness (QED) is 0.934. The first-order valence-electron chi connectivity index (χ1n) is 5.51. The fraction of sp³-hybridized carbons (Fsp3) is 0.0714. The summed E-state index contributed by atoms with van der Waals surface area (Å²) < 4.78 is 19.9. The van der Waals surface area contributed by atoms with Crippen LogP contribution in [0.1, 0.15) is 15.9 Å². The molecule has 0 aliphatic rings. The van der Waals surface area contributed by atoms with E-state index in [9.17, 15) is 9.18 Å². The monoisotopic (exact) mass is 323 g/mol. The van der Waals surface area contributed by atoms with E-state index in [1.807, 2.05) is 19.1 Å². The SMILES string of the molecule is Cc1ccc(Oc2ccc(C(N)=O)cc2F)c(Br)c1. The van der Waals surface area contributed by atoms with Crippen LogP contribution in [0.5, 0.6) is 11.5 Å². The van der Waals surface area contributed by atoms with Gasteiger partial charge in [0.15, 0.2) is 11.6 Å². The molecule has 2 N–H and O–H groups in total. The van der Waals surface area contributed by atoms with Gasteiger partial charge in [0, 0.05) is 5.56 Å². The minimum atomic E-state index is -0.679. The number of rotatable bonds is 3. The summed E-state index contributed by atoms with van der Waals surface area (Å²) in [6.45, 7) is 1.94. The Bertz CT molecular complexity index is 643. The summed E-state index contributed by atoms with van der Waals surface area (Å²) in [6.07, 6.45) is 0. The number of nitrogens with two attached hydrogens (primary N) is 1. The predicted molar refractivity (Wildman–Crippen MR) is 73.9 cm³/mol. The van der Waals surface area contributed by atoms with Gasteiger partial charge in [-0.25, -0.2) is 4.39 Å². The van der Waals surface area contributed by atoms with E-state index in [1.54, 1.807) is 6.07 Å². The van der Waals surface area contributed by atoms with Crippen LogP contribution < -0.4 is 10.5 Å². The molecule has 0 unspecified atom stereocenters. The number of benzene rings is 2. The number of halogens is 2. The van der Waals surface area contributed by atoms with Crippen LogP contribution in [-0.2, 0) is 0 Å². The standard InChI is InChI=1S/C14H11BrFNO2/c1-8-2-4-12(10(15)6-8)19-13-5-3-9(14(17)18)7-11(13)16/h2-7H,1H3,(H2,17,18). The summed E-state index contributed by atoms with van der Waals surface area (Å²) in [7, 11) is 0. The molecule has 1 amide bonds. The third-order valence-corrected chi connectivity index (χ3v) is 3.14. The molecule has 0 fully saturated rings. The lowest BCUT2D eigenvalue weighted by Gasteiger charge is -2.09. The molecule has 0 saturated heterocycles. The molecule has 0 atom stereocenters. The van der Waals surface area contributed by atoms with Crippen molar-refractivity contribution in [3.8, 4) is 11.5 Å². The highest BCUT2D eigenvalue weighted by atomic mass is 79.9. The lowest BCUT2D eigenvalue weighted by Crippen LogP contribution is -2.11. The van der Waals surface area contributed by atoms with Crippen molar-refractivity contribution < 1.29 is 13.9 Å². The highest BCUT2D eigenvalue weighted by Gasteiger charge is 2.10. The molecule has 2 aromatic carbocycles. The number of hydrogen-bond acceptors (Lipinski definition) is 2. The Morgan fingerprint density at radius 2 is 1.89 bits per heavy atom. The Morgan fingerprint density at radius 1 is 1.21 bits per heavy atom. The Labute approximate surface area is 118 Å². The maximum atomic E-state index is 13.8. The number of ether oxygens (including phenoxy) is 1. The number of carbonyl (C=O) groups excluding carboxylic acids is 1. The molecule has 2 aromatic rings. The van der Waals surface area contributed by atoms with E-state index in [0.29, 0.717) is 5.75 Å². The molecule has 0 heterocycles. The number of amides is 1. The zero-order valence-electron chi connectivity index (χ0n) is 10.1. The lowest BCUT2D eigenvalue weighted by atomic mass is 10.2. The summed E-state index contributed by atoms with van der Waals surface area (Å²) in [5.41, 5.74) is 6.24. The second-order valence-corrected chi connectivity index (χ2v) is 4.90. The van der Waals surface area contributed by atoms with Crippen LogP contribution in [-0.4, -0.2) is 5.91 Å². The molecule has 0 aromatic heterocycles. The van der Waals surface area contributed by atoms with Crippen molar-refractivity contribution in [3.63, 3.8) is 0 Å². The predicted octanol–water partition coefficient (Wildman–Crippen LogP) is 3.79. The summed E-state index contributed by atoms with van der Waals surface area (Å²) in [5, 5.41) is 0. The van der Waals surface area contributed by atoms with Gasteiger partial charge >= 0.3 is 0 Å². The van der Waals surface area contributed by atoms with Crippen molar-refractivity contribution in [3.05, 3.63) is 57.8 Å². The van der Waals surface area contributed by atoms with Crippen molar-refractivity contribution in [2.75, 3.05) is 0 Å². The van der Waals surface area contributed by atoms with E-state index in [-0.39, 0.29) is 11.3 Å². The first-order valence-corrected chi connectivity index (χ1v) is 6.30. The van der Waals surface area contributed by atoms with Crippen molar-refractivity contribution in [2.45, 2.75) is 6.92 Å². The number of primary amides is 1. The van der Waals surface area contributed by atoms with Crippen LogP contribution in [0.25, 0.3) is 0 Å². The van der Waals surface area contributed by atoms with Gasteiger partial charge in [-0.2, -0.15) is 0 Å². The van der Waals surface area contributed by atoms with Gasteiger partial charge in [-0.15, -0.1) is 0 Å². The van der Waals surface area contributed by atoms with E-state index in [1.165, 1.54) is 12.1 Å². The van der Waals surface area contributed by atoms with E-state index in [0.717, 1.165) is 16.1 Å². The number of hydrogen-bond donors (Lipinski definition) is 1. The fourth-order valence-corrected chi connectivity index (χ4v) is 2.12. The summed E-state index contributed by atoms with van der Waals surface area (Å²) in [6, 6.07) is 9.31. The fourth-order valence-electron chi connectivity index (χ4n) is 1.54. The normalized spacial score (nSPS) is 10.3. The molecular weight excluding hydrogens is 313 g/mol. The van der Waals surface area contributed by atoms with E-state index < -0.39 is 11.7 Å². The maximum Gasteiger partial charge on any atom is 0.248 e. The van der Waals surface area contributed by atoms with Crippen LogP contribution in [0.2, 0.25) is 0 Å². The van der Waals surface area contributed by atoms with E-state index in [4.69, 9.17) is 10.5 Å². The summed E-state index contributed by atoms with van der Waals surface area (Å²) in [4.78, 5) is 10.9. The number of carbonyl (C=O) groups is 1. The minimum Gasteiger partial charge on any atom is -0.453 e.